The van der Waals surface area contributed by atoms with Crippen LogP contribution in [0.3, 0.4) is 0 Å². The summed E-state index contributed by atoms with van der Waals surface area (Å²) < 4.78 is 2.57. The molecule has 2 aliphatic rings. The van der Waals surface area contributed by atoms with Gasteiger partial charge in [-0.05, 0) is 58.6 Å². The molecule has 1 unspecified atom stereocenters. The highest BCUT2D eigenvalue weighted by Gasteiger charge is 2.67. The maximum absolute atomic E-state index is 2.57. The summed E-state index contributed by atoms with van der Waals surface area (Å²) >= 11 is 0. The summed E-state index contributed by atoms with van der Waals surface area (Å²) in [4.78, 5) is 0. The van der Waals surface area contributed by atoms with Crippen molar-refractivity contribution in [3.63, 3.8) is 0 Å². The molecule has 1 aromatic heterocycles. The van der Waals surface area contributed by atoms with Crippen molar-refractivity contribution in [3.8, 4) is 11.3 Å². The lowest BCUT2D eigenvalue weighted by atomic mass is 9.95. The summed E-state index contributed by atoms with van der Waals surface area (Å²) in [6.07, 6.45) is 2.30. The van der Waals surface area contributed by atoms with Crippen molar-refractivity contribution in [2.75, 3.05) is 0 Å². The van der Waals surface area contributed by atoms with E-state index in [1.165, 1.54) is 54.3 Å². The lowest BCUT2D eigenvalue weighted by Crippen LogP contribution is -2.45. The van der Waals surface area contributed by atoms with Gasteiger partial charge in [0.15, 0.2) is 13.5 Å². The minimum Gasteiger partial charge on any atom is -0.157 e. The largest absolute Gasteiger partial charge is 0.298 e. The van der Waals surface area contributed by atoms with Crippen LogP contribution in [0.5, 0.6) is 0 Å². The molecule has 6 aromatic rings. The third kappa shape index (κ3) is 2.12. The molecule has 1 nitrogen and oxygen atoms in total. The average molecular weight is 452 g/mol. The van der Waals surface area contributed by atoms with Crippen LogP contribution < -0.4 is 20.5 Å². The van der Waals surface area contributed by atoms with E-state index in [-0.39, 0.29) is 5.78 Å². The van der Waals surface area contributed by atoms with Crippen molar-refractivity contribution in [3.05, 3.63) is 133 Å². The summed E-state index contributed by atoms with van der Waals surface area (Å²) in [5.41, 5.74) is 4.24. The Morgan fingerprint density at radius 3 is 2.03 bits per heavy atom. The highest BCUT2D eigenvalue weighted by molar-refractivity contribution is 7.96. The van der Waals surface area contributed by atoms with Crippen LogP contribution in [-0.4, -0.2) is 0 Å². The molecule has 0 aliphatic carbocycles. The van der Waals surface area contributed by atoms with Crippen LogP contribution in [-0.2, 0) is 0 Å². The predicted octanol–water partition coefficient (Wildman–Crippen LogP) is 6.12. The number of aromatic nitrogens is 1. The second-order valence-electron chi connectivity index (χ2n) is 9.33. The Balaban J connectivity index is 1.66. The highest BCUT2D eigenvalue weighted by Crippen LogP contribution is 2.73. The summed E-state index contributed by atoms with van der Waals surface area (Å²) in [5, 5.41) is 9.99. The number of nitrogens with zero attached hydrogens (tertiary/aromatic N) is 1. The van der Waals surface area contributed by atoms with E-state index in [1.807, 2.05) is 0 Å². The molecule has 0 amide bonds. The van der Waals surface area contributed by atoms with E-state index in [4.69, 9.17) is 0 Å². The Kier molecular flexibility index (Phi) is 3.63. The van der Waals surface area contributed by atoms with Gasteiger partial charge in [0.25, 0.3) is 5.78 Å². The molecule has 8 rings (SSSR count). The molecule has 0 radical (unpaired) electrons. The molecule has 0 spiro atoms. The van der Waals surface area contributed by atoms with Crippen molar-refractivity contribution in [2.24, 2.45) is 0 Å². The van der Waals surface area contributed by atoms with Gasteiger partial charge in [-0.15, -0.1) is 0 Å². The van der Waals surface area contributed by atoms with Crippen LogP contribution in [0, 0.1) is 0 Å². The van der Waals surface area contributed by atoms with Crippen molar-refractivity contribution < 1.29 is 4.57 Å². The third-order valence-electron chi connectivity index (χ3n) is 7.81. The fourth-order valence-corrected chi connectivity index (χ4v) is 11.7. The van der Waals surface area contributed by atoms with Gasteiger partial charge in [0.2, 0.25) is 5.69 Å². The summed E-state index contributed by atoms with van der Waals surface area (Å²) in [6, 6.07) is 45.5. The molecular weight excluding hydrogens is 429 g/mol. The molecule has 0 saturated carbocycles. The van der Waals surface area contributed by atoms with Crippen molar-refractivity contribution in [1.82, 2.24) is 0 Å². The van der Waals surface area contributed by atoms with E-state index in [0.717, 1.165) is 0 Å². The monoisotopic (exact) mass is 451 g/mol. The van der Waals surface area contributed by atoms with Crippen LogP contribution in [0.15, 0.2) is 128 Å². The summed E-state index contributed by atoms with van der Waals surface area (Å²) in [5.74, 6) is 0.277. The minimum atomic E-state index is -2.04. The maximum Gasteiger partial charge on any atom is 0.298 e. The molecule has 0 bridgehead atoms. The van der Waals surface area contributed by atoms with Gasteiger partial charge in [-0.2, -0.15) is 4.57 Å². The lowest BCUT2D eigenvalue weighted by Gasteiger charge is -2.26. The Morgan fingerprint density at radius 2 is 1.26 bits per heavy atom. The number of benzene rings is 5. The molecule has 0 N–H and O–H groups in total. The number of fused-ring (bicyclic) bond motifs is 5. The molecule has 158 valence electrons. The van der Waals surface area contributed by atoms with E-state index in [2.05, 4.69) is 132 Å². The first-order valence-corrected chi connectivity index (χ1v) is 13.7. The standard InChI is InChI=1S/C32H22NP/c1-3-12-23(13-4-1)34(24-14-5-2-6-15-24)29-21-22-11-7-8-16-25(22)26-18-19-27-28-17-9-10-20-33(28)32(34)31(27)30(26)29/h1-21,32H/q+2. The zero-order chi connectivity index (χ0) is 22.3. The molecular formula is C32H22NP+2. The van der Waals surface area contributed by atoms with Crippen LogP contribution >= 0.6 is 7.26 Å². The molecule has 2 heteroatoms. The number of hydrogen-bond acceptors (Lipinski definition) is 0. The van der Waals surface area contributed by atoms with Gasteiger partial charge < -0.3 is 0 Å². The van der Waals surface area contributed by atoms with E-state index < -0.39 is 7.26 Å². The summed E-state index contributed by atoms with van der Waals surface area (Å²) in [7, 11) is -2.04. The quantitative estimate of drug-likeness (QED) is 0.170. The Morgan fingerprint density at radius 1 is 0.588 bits per heavy atom. The van der Waals surface area contributed by atoms with Crippen molar-refractivity contribution in [2.45, 2.75) is 5.78 Å². The normalized spacial score (nSPS) is 16.8. The Bertz CT molecular complexity index is 1720. The van der Waals surface area contributed by atoms with E-state index >= 15 is 0 Å². The lowest BCUT2D eigenvalue weighted by molar-refractivity contribution is -0.676. The summed E-state index contributed by atoms with van der Waals surface area (Å²) in [6.45, 7) is 0. The van der Waals surface area contributed by atoms with E-state index in [9.17, 15) is 0 Å². The predicted molar refractivity (Wildman–Crippen MR) is 144 cm³/mol. The highest BCUT2D eigenvalue weighted by atomic mass is 31.2. The van der Waals surface area contributed by atoms with Gasteiger partial charge >= 0.3 is 0 Å². The molecule has 1 atom stereocenters. The zero-order valence-electron chi connectivity index (χ0n) is 18.6. The second kappa shape index (κ2) is 6.63. The average Bonchev–Trinajstić information content (AvgIpc) is 3.41. The smallest absolute Gasteiger partial charge is 0.157 e. The fourth-order valence-electron chi connectivity index (χ4n) is 6.56. The van der Waals surface area contributed by atoms with Crippen LogP contribution in [0.2, 0.25) is 0 Å². The van der Waals surface area contributed by atoms with Crippen LogP contribution in [0.1, 0.15) is 11.3 Å². The van der Waals surface area contributed by atoms with Gasteiger partial charge in [0, 0.05) is 17.5 Å². The van der Waals surface area contributed by atoms with Crippen LogP contribution in [0.25, 0.3) is 32.8 Å². The van der Waals surface area contributed by atoms with Gasteiger partial charge in [-0.3, -0.25) is 0 Å². The van der Waals surface area contributed by atoms with Crippen molar-refractivity contribution in [1.29, 1.82) is 0 Å². The first-order chi connectivity index (χ1) is 16.9. The SMILES string of the molecule is c1ccc([P+]2(c3ccccc3)c3cc4ccccc4c4ccc5c(c34)C2[n+]2ccccc2-5)cc1. The maximum atomic E-state index is 2.57. The van der Waals surface area contributed by atoms with Gasteiger partial charge in [0.1, 0.15) is 15.9 Å². The fraction of sp³-hybridized carbons (Fsp3) is 0.0312. The number of pyridine rings is 1. The van der Waals surface area contributed by atoms with E-state index in [1.54, 1.807) is 0 Å². The van der Waals surface area contributed by atoms with Crippen LogP contribution in [0.4, 0.5) is 0 Å². The topological polar surface area (TPSA) is 3.88 Å². The molecule has 2 aliphatic heterocycles. The molecule has 0 fully saturated rings. The Hall–Kier alpha value is -3.80. The molecule has 0 saturated heterocycles. The van der Waals surface area contributed by atoms with Gasteiger partial charge in [-0.25, -0.2) is 0 Å². The molecule has 34 heavy (non-hydrogen) atoms. The zero-order valence-corrected chi connectivity index (χ0v) is 19.5. The third-order valence-corrected chi connectivity index (χ3v) is 12.4. The number of rotatable bonds is 2. The van der Waals surface area contributed by atoms with E-state index in [0.29, 0.717) is 0 Å². The first kappa shape index (κ1) is 18.6. The molecule has 3 heterocycles. The van der Waals surface area contributed by atoms with Gasteiger partial charge in [0.05, 0.1) is 11.1 Å². The number of hydrogen-bond donors (Lipinski definition) is 0. The van der Waals surface area contributed by atoms with Gasteiger partial charge in [-0.1, -0.05) is 66.7 Å². The first-order valence-electron chi connectivity index (χ1n) is 11.9. The Labute approximate surface area is 199 Å². The molecule has 5 aromatic carbocycles. The second-order valence-corrected chi connectivity index (χ2v) is 12.8. The minimum absolute atomic E-state index is 0.277. The van der Waals surface area contributed by atoms with Crippen molar-refractivity contribution >= 4 is 44.7 Å².